The summed E-state index contributed by atoms with van der Waals surface area (Å²) in [7, 11) is 12.0. The highest BCUT2D eigenvalue weighted by Gasteiger charge is 1.97. The first-order valence-corrected chi connectivity index (χ1v) is 3.38. The molecule has 1 rings (SSSR count). The Morgan fingerprint density at radius 3 is 2.58 bits per heavy atom. The van der Waals surface area contributed by atoms with Crippen LogP contribution in [0.5, 0.6) is 5.88 Å². The van der Waals surface area contributed by atoms with Gasteiger partial charge in [-0.1, -0.05) is 0 Å². The van der Waals surface area contributed by atoms with E-state index in [1.54, 1.807) is 12.1 Å². The molecule has 1 heterocycles. The summed E-state index contributed by atoms with van der Waals surface area (Å²) in [5.74, 6) is 0.338. The number of nitrogens with one attached hydrogen (secondary N) is 1. The largest absolute Gasteiger partial charge is 0.480 e. The summed E-state index contributed by atoms with van der Waals surface area (Å²) in [5.41, 5.74) is 0. The van der Waals surface area contributed by atoms with Crippen LogP contribution in [-0.2, 0) is 0 Å². The lowest BCUT2D eigenvalue weighted by molar-refractivity contribution is 0.392. The van der Waals surface area contributed by atoms with Crippen molar-refractivity contribution in [3.63, 3.8) is 0 Å². The Bertz CT molecular complexity index is 239. The van der Waals surface area contributed by atoms with Crippen LogP contribution in [0.4, 0.5) is 5.82 Å². The summed E-state index contributed by atoms with van der Waals surface area (Å²) in [6.45, 7) is 0. The van der Waals surface area contributed by atoms with Crippen molar-refractivity contribution in [2.45, 2.75) is 5.84 Å². The number of rotatable bonds is 3. The van der Waals surface area contributed by atoms with Crippen LogP contribution in [-0.4, -0.2) is 38.8 Å². The van der Waals surface area contributed by atoms with E-state index in [9.17, 15) is 0 Å². The smallest absolute Gasteiger partial charge is 0.233 e. The highest BCUT2D eigenvalue weighted by molar-refractivity contribution is 6.37. The monoisotopic (exact) mass is 159 g/mol. The quantitative estimate of drug-likeness (QED) is 0.604. The molecule has 0 bridgehead atoms. The molecule has 0 atom stereocenters. The second kappa shape index (κ2) is 3.99. The summed E-state index contributed by atoms with van der Waals surface area (Å²) in [4.78, 5) is 0. The molecule has 4 radical (unpaired) electrons. The third-order valence-corrected chi connectivity index (χ3v) is 1.16. The van der Waals surface area contributed by atoms with E-state index in [-0.39, 0.29) is 0 Å². The number of hydrogen-bond donors (Lipinski definition) is 1. The molecule has 6 heteroatoms. The Morgan fingerprint density at radius 1 is 1.42 bits per heavy atom. The fraction of sp³-hybridized carbons (Fsp3) is 0.333. The summed E-state index contributed by atoms with van der Waals surface area (Å²) in [6, 6.07) is 3.34. The lowest BCUT2D eigenvalue weighted by Gasteiger charge is -2.08. The van der Waals surface area contributed by atoms with Crippen molar-refractivity contribution in [2.24, 2.45) is 0 Å². The van der Waals surface area contributed by atoms with Crippen molar-refractivity contribution in [2.75, 3.05) is 12.4 Å². The van der Waals surface area contributed by atoms with Gasteiger partial charge in [0, 0.05) is 6.07 Å². The van der Waals surface area contributed by atoms with Crippen LogP contribution >= 0.6 is 0 Å². The Balaban J connectivity index is 2.65. The second-order valence-electron chi connectivity index (χ2n) is 2.13. The highest BCUT2D eigenvalue weighted by atomic mass is 16.5. The van der Waals surface area contributed by atoms with E-state index in [2.05, 4.69) is 15.5 Å². The highest BCUT2D eigenvalue weighted by Crippen LogP contribution is 2.06. The number of aromatic nitrogens is 2. The Morgan fingerprint density at radius 2 is 2.17 bits per heavy atom. The van der Waals surface area contributed by atoms with Gasteiger partial charge in [-0.3, -0.25) is 0 Å². The van der Waals surface area contributed by atoms with Gasteiger partial charge < -0.3 is 10.1 Å². The maximum atomic E-state index is 5.26. The van der Waals surface area contributed by atoms with Gasteiger partial charge in [0.15, 0.2) is 0 Å². The Kier molecular flexibility index (Phi) is 2.96. The van der Waals surface area contributed by atoms with Crippen LogP contribution < -0.4 is 10.1 Å². The van der Waals surface area contributed by atoms with Crippen molar-refractivity contribution in [1.29, 1.82) is 0 Å². The van der Waals surface area contributed by atoms with Gasteiger partial charge in [0.2, 0.25) is 5.88 Å². The van der Waals surface area contributed by atoms with E-state index < -0.39 is 5.84 Å². The van der Waals surface area contributed by atoms with Gasteiger partial charge >= 0.3 is 0 Å². The standard InChI is InChI=1S/C6H7B2N3O/c1-12-5-3-2-4(10-11-5)9-6(7)8/h2-3,6H,1H3,(H,9,10). The predicted octanol–water partition coefficient (Wildman–Crippen LogP) is -0.482. The van der Waals surface area contributed by atoms with Gasteiger partial charge in [-0.05, 0) is 11.9 Å². The zero-order valence-electron chi connectivity index (χ0n) is 6.69. The second-order valence-corrected chi connectivity index (χ2v) is 2.13. The Hall–Kier alpha value is -1.19. The lowest BCUT2D eigenvalue weighted by atomic mass is 9.79. The van der Waals surface area contributed by atoms with Gasteiger partial charge in [0.1, 0.15) is 5.82 Å². The van der Waals surface area contributed by atoms with E-state index in [1.807, 2.05) is 0 Å². The average molecular weight is 159 g/mol. The van der Waals surface area contributed by atoms with Crippen LogP contribution in [0.2, 0.25) is 0 Å². The first-order chi connectivity index (χ1) is 5.72. The fourth-order valence-electron chi connectivity index (χ4n) is 0.677. The molecular weight excluding hydrogens is 152 g/mol. The predicted molar refractivity (Wildman–Crippen MR) is 47.5 cm³/mol. The van der Waals surface area contributed by atoms with Crippen LogP contribution in [0.15, 0.2) is 12.1 Å². The van der Waals surface area contributed by atoms with Gasteiger partial charge in [-0.25, -0.2) is 0 Å². The molecule has 0 aliphatic carbocycles. The SMILES string of the molecule is [B]C([B])Nc1ccc(OC)nn1. The van der Waals surface area contributed by atoms with Gasteiger partial charge in [-0.15, -0.1) is 10.2 Å². The summed E-state index contributed by atoms with van der Waals surface area (Å²) in [6.07, 6.45) is 0. The molecule has 0 aliphatic rings. The van der Waals surface area contributed by atoms with E-state index >= 15 is 0 Å². The third-order valence-electron chi connectivity index (χ3n) is 1.16. The number of hydrogen-bond acceptors (Lipinski definition) is 4. The van der Waals surface area contributed by atoms with Crippen molar-refractivity contribution < 1.29 is 4.74 Å². The van der Waals surface area contributed by atoms with E-state index in [0.717, 1.165) is 0 Å². The molecule has 1 aromatic heterocycles. The molecular formula is C6H7B2N3O. The van der Waals surface area contributed by atoms with Gasteiger partial charge in [0.25, 0.3) is 0 Å². The molecule has 0 unspecified atom stereocenters. The number of nitrogens with zero attached hydrogens (tertiary/aromatic N) is 2. The fourth-order valence-corrected chi connectivity index (χ4v) is 0.677. The zero-order chi connectivity index (χ0) is 8.97. The van der Waals surface area contributed by atoms with Crippen molar-refractivity contribution in [3.05, 3.63) is 12.1 Å². The summed E-state index contributed by atoms with van der Waals surface area (Å²) < 4.78 is 4.81. The molecule has 58 valence electrons. The maximum absolute atomic E-state index is 5.26. The molecule has 0 spiro atoms. The number of anilines is 1. The molecule has 0 amide bonds. The minimum atomic E-state index is -0.632. The molecule has 0 saturated carbocycles. The lowest BCUT2D eigenvalue weighted by Crippen LogP contribution is -2.19. The van der Waals surface area contributed by atoms with E-state index in [1.165, 1.54) is 7.11 Å². The van der Waals surface area contributed by atoms with Gasteiger partial charge in [0.05, 0.1) is 22.8 Å². The first-order valence-electron chi connectivity index (χ1n) is 3.38. The minimum absolute atomic E-state index is 0.450. The molecule has 1 N–H and O–H groups in total. The van der Waals surface area contributed by atoms with Crippen LogP contribution in [0.3, 0.4) is 0 Å². The normalized spacial score (nSPS) is 9.83. The zero-order valence-corrected chi connectivity index (χ0v) is 6.69. The molecule has 0 aromatic carbocycles. The summed E-state index contributed by atoms with van der Waals surface area (Å²) in [5, 5.41) is 10.1. The molecule has 1 aromatic rings. The molecule has 4 nitrogen and oxygen atoms in total. The van der Waals surface area contributed by atoms with Crippen LogP contribution in [0.1, 0.15) is 0 Å². The van der Waals surface area contributed by atoms with E-state index in [0.29, 0.717) is 11.7 Å². The topological polar surface area (TPSA) is 47.0 Å². The molecule has 0 saturated heterocycles. The van der Waals surface area contributed by atoms with Crippen molar-refractivity contribution >= 4 is 21.5 Å². The van der Waals surface area contributed by atoms with E-state index in [4.69, 9.17) is 20.4 Å². The van der Waals surface area contributed by atoms with Gasteiger partial charge in [-0.2, -0.15) is 0 Å². The van der Waals surface area contributed by atoms with Crippen LogP contribution in [0, 0.1) is 0 Å². The first kappa shape index (κ1) is 8.90. The van der Waals surface area contributed by atoms with Crippen LogP contribution in [0.25, 0.3) is 0 Å². The number of ether oxygens (including phenoxy) is 1. The maximum Gasteiger partial charge on any atom is 0.233 e. The average Bonchev–Trinajstić information content (AvgIpc) is 2.05. The molecule has 0 aliphatic heterocycles. The molecule has 12 heavy (non-hydrogen) atoms. The van der Waals surface area contributed by atoms with Crippen molar-refractivity contribution in [1.82, 2.24) is 10.2 Å². The third kappa shape index (κ3) is 2.45. The number of methoxy groups -OCH3 is 1. The minimum Gasteiger partial charge on any atom is -0.480 e. The van der Waals surface area contributed by atoms with Crippen molar-refractivity contribution in [3.8, 4) is 5.88 Å². The molecule has 0 fully saturated rings. The summed E-state index contributed by atoms with van der Waals surface area (Å²) >= 11 is 0. The Labute approximate surface area is 73.5 Å².